The molecule has 0 aromatic heterocycles. The van der Waals surface area contributed by atoms with Gasteiger partial charge in [-0.05, 0) is 0 Å². The summed E-state index contributed by atoms with van der Waals surface area (Å²) in [5.41, 5.74) is -1.28. The molecule has 0 radical (unpaired) electrons. The third-order valence-electron chi connectivity index (χ3n) is 5.88. The molecule has 1 atom stereocenters. The first-order valence-electron chi connectivity index (χ1n) is 12.3. The SMILES string of the molecule is CCCCC(C/C=[CH]/[Sn]([CH2]CCC)([CH2]CCC)[CH2]CCC)(O[Si](C)(C)C)C(F)F. The number of alkyl halides is 2. The van der Waals surface area contributed by atoms with Crippen molar-refractivity contribution in [2.24, 2.45) is 0 Å². The number of hydrogen-bond donors (Lipinski definition) is 0. The van der Waals surface area contributed by atoms with Crippen molar-refractivity contribution in [2.75, 3.05) is 0 Å². The fourth-order valence-electron chi connectivity index (χ4n) is 4.24. The Labute approximate surface area is 186 Å². The van der Waals surface area contributed by atoms with Gasteiger partial charge < -0.3 is 0 Å². The molecule has 1 unspecified atom stereocenters. The van der Waals surface area contributed by atoms with Gasteiger partial charge in [0.15, 0.2) is 0 Å². The molecular weight excluding hydrogens is 489 g/mol. The van der Waals surface area contributed by atoms with Crippen molar-refractivity contribution in [2.45, 2.75) is 137 Å². The van der Waals surface area contributed by atoms with Crippen LogP contribution in [0.5, 0.6) is 0 Å². The Balaban J connectivity index is 5.68. The predicted molar refractivity (Wildman–Crippen MR) is 131 cm³/mol. The average Bonchev–Trinajstić information content (AvgIpc) is 2.65. The molecule has 0 bridgehead atoms. The van der Waals surface area contributed by atoms with E-state index in [0.29, 0.717) is 12.8 Å². The molecule has 0 amide bonds. The molecule has 0 aliphatic rings. The maximum atomic E-state index is 14.3. The molecule has 0 aliphatic heterocycles. The molecule has 0 saturated carbocycles. The van der Waals surface area contributed by atoms with Gasteiger partial charge in [0.05, 0.1) is 0 Å². The maximum absolute atomic E-state index is 14.3. The van der Waals surface area contributed by atoms with Crippen molar-refractivity contribution >= 4 is 26.7 Å². The summed E-state index contributed by atoms with van der Waals surface area (Å²) in [6.45, 7) is 15.0. The van der Waals surface area contributed by atoms with Gasteiger partial charge in [0.1, 0.15) is 0 Å². The Morgan fingerprint density at radius 2 is 1.28 bits per heavy atom. The van der Waals surface area contributed by atoms with Crippen LogP contribution in [0.3, 0.4) is 0 Å². The molecule has 5 heteroatoms. The molecule has 1 nitrogen and oxygen atoms in total. The first kappa shape index (κ1) is 29.6. The summed E-state index contributed by atoms with van der Waals surface area (Å²) in [6, 6.07) is 0. The minimum atomic E-state index is -2.43. The number of unbranched alkanes of at least 4 members (excludes halogenated alkanes) is 4. The molecule has 0 saturated heterocycles. The third-order valence-corrected chi connectivity index (χ3v) is 21.1. The van der Waals surface area contributed by atoms with Crippen LogP contribution in [0.25, 0.3) is 0 Å². The quantitative estimate of drug-likeness (QED) is 0.158. The van der Waals surface area contributed by atoms with E-state index in [2.05, 4.69) is 37.9 Å². The molecule has 0 N–H and O–H groups in total. The summed E-state index contributed by atoms with van der Waals surface area (Å²) in [4.78, 5) is 0. The van der Waals surface area contributed by atoms with E-state index in [4.69, 9.17) is 4.43 Å². The topological polar surface area (TPSA) is 9.23 Å². The van der Waals surface area contributed by atoms with E-state index < -0.39 is 38.7 Å². The van der Waals surface area contributed by atoms with Crippen molar-refractivity contribution in [3.05, 3.63) is 10.2 Å². The second-order valence-corrected chi connectivity index (χ2v) is 27.4. The average molecular weight is 539 g/mol. The fraction of sp³-hybridized carbons (Fsp3) is 0.917. The first-order chi connectivity index (χ1) is 13.6. The number of hydrogen-bond acceptors (Lipinski definition) is 1. The molecule has 174 valence electrons. The van der Waals surface area contributed by atoms with Crippen LogP contribution in [0, 0.1) is 0 Å². The zero-order valence-electron chi connectivity index (χ0n) is 20.6. The first-order valence-corrected chi connectivity index (χ1v) is 23.4. The molecule has 0 fully saturated rings. The normalized spacial score (nSPS) is 15.4. The Morgan fingerprint density at radius 1 is 0.828 bits per heavy atom. The Kier molecular flexibility index (Phi) is 15.7. The van der Waals surface area contributed by atoms with E-state index in [1.54, 1.807) is 0 Å². The molecular formula is C24H50F2OSiSn. The van der Waals surface area contributed by atoms with E-state index in [1.165, 1.54) is 51.8 Å². The van der Waals surface area contributed by atoms with E-state index >= 15 is 0 Å². The van der Waals surface area contributed by atoms with Crippen LogP contribution < -0.4 is 0 Å². The Morgan fingerprint density at radius 3 is 1.62 bits per heavy atom. The van der Waals surface area contributed by atoms with Crippen molar-refractivity contribution in [3.63, 3.8) is 0 Å². The van der Waals surface area contributed by atoms with Crippen LogP contribution in [-0.4, -0.2) is 38.7 Å². The van der Waals surface area contributed by atoms with Gasteiger partial charge in [0.25, 0.3) is 0 Å². The molecule has 0 rings (SSSR count). The van der Waals surface area contributed by atoms with E-state index in [0.717, 1.165) is 12.8 Å². The van der Waals surface area contributed by atoms with Gasteiger partial charge in [-0.15, -0.1) is 0 Å². The molecule has 0 spiro atoms. The van der Waals surface area contributed by atoms with Crippen molar-refractivity contribution < 1.29 is 13.2 Å². The Bertz CT molecular complexity index is 415. The minimum absolute atomic E-state index is 0.387. The fourth-order valence-corrected chi connectivity index (χ4v) is 20.1. The Hall–Kier alpha value is 0.576. The van der Waals surface area contributed by atoms with Crippen LogP contribution in [0.1, 0.15) is 91.9 Å². The summed E-state index contributed by atoms with van der Waals surface area (Å²) in [5.74, 6) is 0. The van der Waals surface area contributed by atoms with Gasteiger partial charge in [-0.1, -0.05) is 0 Å². The van der Waals surface area contributed by atoms with E-state index in [-0.39, 0.29) is 0 Å². The monoisotopic (exact) mass is 540 g/mol. The second-order valence-electron chi connectivity index (χ2n) is 9.96. The summed E-state index contributed by atoms with van der Waals surface area (Å²) < 4.78 is 41.5. The van der Waals surface area contributed by atoms with Gasteiger partial charge >= 0.3 is 187 Å². The van der Waals surface area contributed by atoms with Crippen molar-refractivity contribution in [1.82, 2.24) is 0 Å². The van der Waals surface area contributed by atoms with Gasteiger partial charge in [0.2, 0.25) is 0 Å². The number of rotatable bonds is 18. The van der Waals surface area contributed by atoms with Crippen LogP contribution >= 0.6 is 0 Å². The van der Waals surface area contributed by atoms with E-state index in [9.17, 15) is 8.78 Å². The van der Waals surface area contributed by atoms with Crippen molar-refractivity contribution in [3.8, 4) is 0 Å². The zero-order chi connectivity index (χ0) is 22.4. The summed E-state index contributed by atoms with van der Waals surface area (Å²) >= 11 is -2.43. The second kappa shape index (κ2) is 15.4. The van der Waals surface area contributed by atoms with Crippen LogP contribution in [-0.2, 0) is 4.43 Å². The van der Waals surface area contributed by atoms with Crippen LogP contribution in [0.2, 0.25) is 33.0 Å². The van der Waals surface area contributed by atoms with Gasteiger partial charge in [-0.3, -0.25) is 0 Å². The predicted octanol–water partition coefficient (Wildman–Crippen LogP) is 9.37. The number of halogens is 2. The standard InChI is InChI=1S/C12H23F2OSi.3C4H9.Sn/c1-6-8-10-12(9-7-2,11(13)14)15-16(3,4)5;3*1-3-4-2;/h2,7,11H,6,8-10H2,1,3-5H3;3*1,3-4H2,2H3;. The molecule has 29 heavy (non-hydrogen) atoms. The molecule has 0 aromatic carbocycles. The van der Waals surface area contributed by atoms with Gasteiger partial charge in [-0.2, -0.15) is 0 Å². The van der Waals surface area contributed by atoms with Crippen LogP contribution in [0.15, 0.2) is 10.2 Å². The molecule has 0 heterocycles. The summed E-state index contributed by atoms with van der Waals surface area (Å²) in [6.07, 6.45) is 9.95. The zero-order valence-corrected chi connectivity index (χ0v) is 24.4. The van der Waals surface area contributed by atoms with E-state index in [1.807, 2.05) is 19.6 Å². The van der Waals surface area contributed by atoms with Gasteiger partial charge in [0, 0.05) is 0 Å². The molecule has 0 aliphatic carbocycles. The van der Waals surface area contributed by atoms with Gasteiger partial charge in [-0.25, -0.2) is 0 Å². The van der Waals surface area contributed by atoms with Crippen LogP contribution in [0.4, 0.5) is 8.78 Å². The summed E-state index contributed by atoms with van der Waals surface area (Å²) in [7, 11) is -2.06. The molecule has 0 aromatic rings. The summed E-state index contributed by atoms with van der Waals surface area (Å²) in [5, 5.41) is 0. The van der Waals surface area contributed by atoms with Crippen molar-refractivity contribution in [1.29, 1.82) is 0 Å². The third kappa shape index (κ3) is 12.3.